The first-order valence-electron chi connectivity index (χ1n) is 8.10. The minimum atomic E-state index is 0. The number of hydrogen-bond acceptors (Lipinski definition) is 4. The van der Waals surface area contributed by atoms with E-state index in [0.29, 0.717) is 18.9 Å². The summed E-state index contributed by atoms with van der Waals surface area (Å²) in [5.41, 5.74) is 0. The molecule has 6 nitrogen and oxygen atoms in total. The SMILES string of the molecule is CC(=O)N1CCN(CCNC(=O)CCC2CCNC2)CC1.Cl.Cl. The fourth-order valence-corrected chi connectivity index (χ4v) is 3.02. The van der Waals surface area contributed by atoms with E-state index in [9.17, 15) is 9.59 Å². The lowest BCUT2D eigenvalue weighted by Gasteiger charge is -2.34. The van der Waals surface area contributed by atoms with Gasteiger partial charge >= 0.3 is 0 Å². The maximum atomic E-state index is 11.8. The second kappa shape index (κ2) is 11.9. The maximum Gasteiger partial charge on any atom is 0.220 e. The third-order valence-electron chi connectivity index (χ3n) is 4.51. The number of halogens is 2. The fraction of sp³-hybridized carbons (Fsp3) is 0.867. The molecule has 2 heterocycles. The van der Waals surface area contributed by atoms with E-state index in [0.717, 1.165) is 52.2 Å². The Balaban J connectivity index is 0.00000242. The van der Waals surface area contributed by atoms with Crippen molar-refractivity contribution >= 4 is 36.6 Å². The summed E-state index contributed by atoms with van der Waals surface area (Å²) < 4.78 is 0. The lowest BCUT2D eigenvalue weighted by molar-refractivity contribution is -0.130. The fourth-order valence-electron chi connectivity index (χ4n) is 3.02. The molecule has 0 radical (unpaired) electrons. The van der Waals surface area contributed by atoms with Crippen LogP contribution < -0.4 is 10.6 Å². The molecule has 1 unspecified atom stereocenters. The van der Waals surface area contributed by atoms with Gasteiger partial charge in [0.2, 0.25) is 11.8 Å². The summed E-state index contributed by atoms with van der Waals surface area (Å²) in [5.74, 6) is 1.00. The molecular weight excluding hydrogens is 339 g/mol. The molecule has 0 aromatic carbocycles. The predicted molar refractivity (Wildman–Crippen MR) is 96.4 cm³/mol. The Labute approximate surface area is 151 Å². The zero-order valence-corrected chi connectivity index (χ0v) is 15.5. The molecule has 0 aromatic rings. The van der Waals surface area contributed by atoms with E-state index in [-0.39, 0.29) is 36.6 Å². The van der Waals surface area contributed by atoms with Gasteiger partial charge in [0.1, 0.15) is 0 Å². The summed E-state index contributed by atoms with van der Waals surface area (Å²) in [4.78, 5) is 27.2. The van der Waals surface area contributed by atoms with Crippen molar-refractivity contribution in [2.24, 2.45) is 5.92 Å². The molecule has 2 aliphatic heterocycles. The number of amides is 2. The highest BCUT2D eigenvalue weighted by Gasteiger charge is 2.18. The van der Waals surface area contributed by atoms with Gasteiger partial charge in [-0.05, 0) is 31.8 Å². The average Bonchev–Trinajstić information content (AvgIpc) is 2.99. The average molecular weight is 369 g/mol. The molecule has 0 aromatic heterocycles. The number of piperazine rings is 1. The van der Waals surface area contributed by atoms with Crippen LogP contribution in [-0.2, 0) is 9.59 Å². The van der Waals surface area contributed by atoms with Crippen LogP contribution in [0, 0.1) is 5.92 Å². The summed E-state index contributed by atoms with van der Waals surface area (Å²) in [6, 6.07) is 0. The Morgan fingerprint density at radius 2 is 1.87 bits per heavy atom. The Morgan fingerprint density at radius 1 is 1.17 bits per heavy atom. The topological polar surface area (TPSA) is 64.7 Å². The van der Waals surface area contributed by atoms with Crippen LogP contribution in [0.1, 0.15) is 26.2 Å². The number of nitrogens with one attached hydrogen (secondary N) is 2. The molecule has 2 saturated heterocycles. The van der Waals surface area contributed by atoms with Crippen molar-refractivity contribution < 1.29 is 9.59 Å². The number of nitrogens with zero attached hydrogens (tertiary/aromatic N) is 2. The van der Waals surface area contributed by atoms with Crippen molar-refractivity contribution in [3.05, 3.63) is 0 Å². The molecule has 0 saturated carbocycles. The first kappa shape index (κ1) is 22.4. The predicted octanol–water partition coefficient (Wildman–Crippen LogP) is 0.500. The van der Waals surface area contributed by atoms with E-state index in [2.05, 4.69) is 15.5 Å². The number of rotatable bonds is 6. The van der Waals surface area contributed by atoms with Crippen molar-refractivity contribution in [1.82, 2.24) is 20.4 Å². The quantitative estimate of drug-likeness (QED) is 0.716. The smallest absolute Gasteiger partial charge is 0.220 e. The first-order chi connectivity index (χ1) is 10.1. The van der Waals surface area contributed by atoms with Crippen LogP contribution >= 0.6 is 24.8 Å². The van der Waals surface area contributed by atoms with Gasteiger partial charge < -0.3 is 15.5 Å². The van der Waals surface area contributed by atoms with Gasteiger partial charge in [-0.1, -0.05) is 0 Å². The maximum absolute atomic E-state index is 11.8. The molecule has 2 amide bonds. The molecule has 2 fully saturated rings. The molecular formula is C15H30Cl2N4O2. The molecule has 0 aliphatic carbocycles. The Hall–Kier alpha value is -0.560. The van der Waals surface area contributed by atoms with E-state index < -0.39 is 0 Å². The molecule has 2 rings (SSSR count). The summed E-state index contributed by atoms with van der Waals surface area (Å²) in [6.45, 7) is 8.79. The lowest BCUT2D eigenvalue weighted by atomic mass is 10.0. The minimum absolute atomic E-state index is 0. The van der Waals surface area contributed by atoms with Gasteiger partial charge in [-0.2, -0.15) is 0 Å². The molecule has 8 heteroatoms. The van der Waals surface area contributed by atoms with E-state index in [1.807, 2.05) is 4.90 Å². The van der Waals surface area contributed by atoms with Crippen molar-refractivity contribution in [2.45, 2.75) is 26.2 Å². The van der Waals surface area contributed by atoms with Gasteiger partial charge in [0.05, 0.1) is 0 Å². The number of hydrogen-bond donors (Lipinski definition) is 2. The zero-order chi connectivity index (χ0) is 15.1. The molecule has 2 N–H and O–H groups in total. The highest BCUT2D eigenvalue weighted by atomic mass is 35.5. The van der Waals surface area contributed by atoms with Gasteiger partial charge in [0.25, 0.3) is 0 Å². The van der Waals surface area contributed by atoms with Crippen molar-refractivity contribution in [1.29, 1.82) is 0 Å². The molecule has 2 aliphatic rings. The summed E-state index contributed by atoms with van der Waals surface area (Å²) in [5, 5.41) is 6.33. The molecule has 136 valence electrons. The van der Waals surface area contributed by atoms with E-state index in [1.165, 1.54) is 6.42 Å². The van der Waals surface area contributed by atoms with Gasteiger partial charge in [0, 0.05) is 52.6 Å². The van der Waals surface area contributed by atoms with Crippen LogP contribution in [0.3, 0.4) is 0 Å². The van der Waals surface area contributed by atoms with Crippen molar-refractivity contribution in [2.75, 3.05) is 52.4 Å². The van der Waals surface area contributed by atoms with E-state index in [4.69, 9.17) is 0 Å². The standard InChI is InChI=1S/C15H28N4O2.2ClH/c1-13(20)19-10-8-18(9-11-19)7-6-17-15(21)3-2-14-4-5-16-12-14;;/h14,16H,2-12H2,1H3,(H,17,21);2*1H. The van der Waals surface area contributed by atoms with Crippen LogP contribution in [0.5, 0.6) is 0 Å². The minimum Gasteiger partial charge on any atom is -0.355 e. The van der Waals surface area contributed by atoms with Crippen molar-refractivity contribution in [3.8, 4) is 0 Å². The highest BCUT2D eigenvalue weighted by molar-refractivity contribution is 5.85. The summed E-state index contributed by atoms with van der Waals surface area (Å²) in [7, 11) is 0. The van der Waals surface area contributed by atoms with Crippen LogP contribution in [0.15, 0.2) is 0 Å². The van der Waals surface area contributed by atoms with Crippen LogP contribution in [0.25, 0.3) is 0 Å². The first-order valence-corrected chi connectivity index (χ1v) is 8.10. The monoisotopic (exact) mass is 368 g/mol. The van der Waals surface area contributed by atoms with Gasteiger partial charge in [-0.15, -0.1) is 24.8 Å². The lowest BCUT2D eigenvalue weighted by Crippen LogP contribution is -2.49. The molecule has 23 heavy (non-hydrogen) atoms. The summed E-state index contributed by atoms with van der Waals surface area (Å²) in [6.07, 6.45) is 2.84. The largest absolute Gasteiger partial charge is 0.355 e. The van der Waals surface area contributed by atoms with Crippen LogP contribution in [0.4, 0.5) is 0 Å². The third-order valence-corrected chi connectivity index (χ3v) is 4.51. The molecule has 0 bridgehead atoms. The zero-order valence-electron chi connectivity index (χ0n) is 13.9. The van der Waals surface area contributed by atoms with Crippen LogP contribution in [-0.4, -0.2) is 74.0 Å². The van der Waals surface area contributed by atoms with E-state index in [1.54, 1.807) is 6.92 Å². The Bertz CT molecular complexity index is 357. The Kier molecular flexibility index (Phi) is 11.6. The highest BCUT2D eigenvalue weighted by Crippen LogP contribution is 2.13. The van der Waals surface area contributed by atoms with Crippen LogP contribution in [0.2, 0.25) is 0 Å². The van der Waals surface area contributed by atoms with E-state index >= 15 is 0 Å². The summed E-state index contributed by atoms with van der Waals surface area (Å²) >= 11 is 0. The number of carbonyl (C=O) groups is 2. The molecule has 1 atom stereocenters. The normalized spacial score (nSPS) is 21.3. The van der Waals surface area contributed by atoms with Gasteiger partial charge in [-0.25, -0.2) is 0 Å². The molecule has 0 spiro atoms. The third kappa shape index (κ3) is 8.20. The van der Waals surface area contributed by atoms with Gasteiger partial charge in [0.15, 0.2) is 0 Å². The van der Waals surface area contributed by atoms with Crippen molar-refractivity contribution in [3.63, 3.8) is 0 Å². The second-order valence-electron chi connectivity index (χ2n) is 6.10. The van der Waals surface area contributed by atoms with Gasteiger partial charge in [-0.3, -0.25) is 14.5 Å². The Morgan fingerprint density at radius 3 is 2.43 bits per heavy atom. The second-order valence-corrected chi connectivity index (χ2v) is 6.10. The number of carbonyl (C=O) groups excluding carboxylic acids is 2.